The van der Waals surface area contributed by atoms with Gasteiger partial charge in [-0.05, 0) is 55.6 Å². The number of aromatic nitrogens is 1. The molecule has 1 amide bonds. The van der Waals surface area contributed by atoms with Crippen LogP contribution in [0, 0.1) is 5.82 Å². The number of para-hydroxylation sites is 2. The molecule has 4 rings (SSSR count). The van der Waals surface area contributed by atoms with Gasteiger partial charge in [-0.25, -0.2) is 9.37 Å². The van der Waals surface area contributed by atoms with Crippen LogP contribution in [0.1, 0.15) is 27.5 Å². The number of carbonyl (C=O) groups excluding carboxylic acids is 1. The Balaban J connectivity index is 1.44. The lowest BCUT2D eigenvalue weighted by Crippen LogP contribution is -2.35. The van der Waals surface area contributed by atoms with Crippen molar-refractivity contribution in [3.05, 3.63) is 95.3 Å². The number of amides is 1. The summed E-state index contributed by atoms with van der Waals surface area (Å²) in [6.45, 7) is 0.363. The molecule has 1 N–H and O–H groups in total. The first-order chi connectivity index (χ1) is 15.5. The second-order valence-corrected chi connectivity index (χ2v) is 8.56. The van der Waals surface area contributed by atoms with Crippen molar-refractivity contribution in [2.24, 2.45) is 0 Å². The molecule has 0 radical (unpaired) electrons. The lowest BCUT2D eigenvalue weighted by molar-refractivity contribution is 0.0941. The highest BCUT2D eigenvalue weighted by Crippen LogP contribution is 2.27. The van der Waals surface area contributed by atoms with E-state index in [9.17, 15) is 9.18 Å². The maximum absolute atomic E-state index is 13.7. The van der Waals surface area contributed by atoms with Gasteiger partial charge in [-0.2, -0.15) is 0 Å². The number of benzene rings is 3. The lowest BCUT2D eigenvalue weighted by Gasteiger charge is -2.25. The predicted molar refractivity (Wildman–Crippen MR) is 125 cm³/mol. The largest absolute Gasteiger partial charge is 0.431 e. The van der Waals surface area contributed by atoms with Gasteiger partial charge in [-0.1, -0.05) is 54.2 Å². The standard InChI is InChI=1S/C25H24FN3O2S/c1-29(2)22(17-9-7-10-19(26)14-17)15-27-24(30)20-11-4-3-8-18(20)16-32-25-28-21-12-5-6-13-23(21)31-25/h3-14,22H,15-16H2,1-2H3,(H,27,30). The van der Waals surface area contributed by atoms with E-state index in [1.807, 2.05) is 73.6 Å². The van der Waals surface area contributed by atoms with Gasteiger partial charge < -0.3 is 14.6 Å². The van der Waals surface area contributed by atoms with Crippen LogP contribution in [0.4, 0.5) is 4.39 Å². The number of fused-ring (bicyclic) bond motifs is 1. The summed E-state index contributed by atoms with van der Waals surface area (Å²) in [4.78, 5) is 19.4. The first-order valence-electron chi connectivity index (χ1n) is 10.3. The van der Waals surface area contributed by atoms with Crippen molar-refractivity contribution in [3.8, 4) is 0 Å². The first-order valence-corrected chi connectivity index (χ1v) is 11.3. The molecule has 0 bridgehead atoms. The molecule has 1 heterocycles. The number of likely N-dealkylation sites (N-methyl/N-ethyl adjacent to an activating group) is 1. The molecular weight excluding hydrogens is 425 g/mol. The highest BCUT2D eigenvalue weighted by Gasteiger charge is 2.18. The Bertz CT molecular complexity index is 1190. The normalized spacial score (nSPS) is 12.2. The van der Waals surface area contributed by atoms with Gasteiger partial charge in [0.05, 0.1) is 6.04 Å². The van der Waals surface area contributed by atoms with Crippen molar-refractivity contribution in [2.75, 3.05) is 20.6 Å². The Hall–Kier alpha value is -3.16. The maximum atomic E-state index is 13.7. The molecule has 1 unspecified atom stereocenters. The second-order valence-electron chi connectivity index (χ2n) is 7.64. The monoisotopic (exact) mass is 449 g/mol. The molecule has 164 valence electrons. The van der Waals surface area contributed by atoms with E-state index in [0.717, 1.165) is 22.2 Å². The van der Waals surface area contributed by atoms with Crippen LogP contribution in [0.5, 0.6) is 0 Å². The molecule has 32 heavy (non-hydrogen) atoms. The Kier molecular flexibility index (Phi) is 6.87. The van der Waals surface area contributed by atoms with Crippen LogP contribution in [-0.4, -0.2) is 36.4 Å². The highest BCUT2D eigenvalue weighted by atomic mass is 32.2. The third-order valence-corrected chi connectivity index (χ3v) is 6.08. The summed E-state index contributed by atoms with van der Waals surface area (Å²) in [5, 5.41) is 3.58. The van der Waals surface area contributed by atoms with Crippen LogP contribution >= 0.6 is 11.8 Å². The number of thioether (sulfide) groups is 1. The minimum atomic E-state index is -0.290. The topological polar surface area (TPSA) is 58.4 Å². The maximum Gasteiger partial charge on any atom is 0.257 e. The summed E-state index contributed by atoms with van der Waals surface area (Å²) < 4.78 is 19.4. The number of hydrogen-bond donors (Lipinski definition) is 1. The highest BCUT2D eigenvalue weighted by molar-refractivity contribution is 7.98. The Morgan fingerprint density at radius 1 is 1.09 bits per heavy atom. The van der Waals surface area contributed by atoms with E-state index in [1.54, 1.807) is 6.07 Å². The molecule has 0 aliphatic carbocycles. The quantitative estimate of drug-likeness (QED) is 0.370. The molecule has 0 saturated carbocycles. The summed E-state index contributed by atoms with van der Waals surface area (Å²) >= 11 is 1.45. The van der Waals surface area contributed by atoms with Gasteiger partial charge in [0.25, 0.3) is 11.1 Å². The van der Waals surface area contributed by atoms with Gasteiger partial charge in [0, 0.05) is 17.9 Å². The van der Waals surface area contributed by atoms with Crippen molar-refractivity contribution < 1.29 is 13.6 Å². The molecule has 0 saturated heterocycles. The number of halogens is 1. The second kappa shape index (κ2) is 9.97. The zero-order chi connectivity index (χ0) is 22.5. The summed E-state index contributed by atoms with van der Waals surface area (Å²) in [5.74, 6) is 0.0986. The summed E-state index contributed by atoms with van der Waals surface area (Å²) in [5.41, 5.74) is 3.87. The van der Waals surface area contributed by atoms with Crippen LogP contribution < -0.4 is 5.32 Å². The molecule has 0 aliphatic rings. The fourth-order valence-corrected chi connectivity index (χ4v) is 4.36. The van der Waals surface area contributed by atoms with Crippen molar-refractivity contribution in [1.29, 1.82) is 0 Å². The first kappa shape index (κ1) is 22.0. The third kappa shape index (κ3) is 5.18. The van der Waals surface area contributed by atoms with Crippen molar-refractivity contribution in [3.63, 3.8) is 0 Å². The molecule has 3 aromatic carbocycles. The van der Waals surface area contributed by atoms with E-state index >= 15 is 0 Å². The third-order valence-electron chi connectivity index (χ3n) is 5.20. The molecule has 0 fully saturated rings. The van der Waals surface area contributed by atoms with Crippen molar-refractivity contribution >= 4 is 28.8 Å². The van der Waals surface area contributed by atoms with Gasteiger partial charge in [-0.15, -0.1) is 0 Å². The number of nitrogens with one attached hydrogen (secondary N) is 1. The Morgan fingerprint density at radius 2 is 1.88 bits per heavy atom. The molecule has 0 spiro atoms. The number of rotatable bonds is 8. The van der Waals surface area contributed by atoms with Gasteiger partial charge in [-0.3, -0.25) is 4.79 Å². The van der Waals surface area contributed by atoms with Gasteiger partial charge in [0.15, 0.2) is 5.58 Å². The van der Waals surface area contributed by atoms with Crippen LogP contribution in [0.3, 0.4) is 0 Å². The van der Waals surface area contributed by atoms with Crippen LogP contribution in [-0.2, 0) is 5.75 Å². The predicted octanol–water partition coefficient (Wildman–Crippen LogP) is 5.29. The van der Waals surface area contributed by atoms with E-state index in [0.29, 0.717) is 23.1 Å². The number of nitrogens with zero attached hydrogens (tertiary/aromatic N) is 2. The van der Waals surface area contributed by atoms with Crippen LogP contribution in [0.25, 0.3) is 11.1 Å². The van der Waals surface area contributed by atoms with E-state index in [2.05, 4.69) is 10.3 Å². The molecule has 0 aliphatic heterocycles. The van der Waals surface area contributed by atoms with Gasteiger partial charge >= 0.3 is 0 Å². The Labute approximate surface area is 190 Å². The zero-order valence-corrected chi connectivity index (χ0v) is 18.7. The van der Waals surface area contributed by atoms with Crippen molar-refractivity contribution in [1.82, 2.24) is 15.2 Å². The molecule has 5 nitrogen and oxygen atoms in total. The summed E-state index contributed by atoms with van der Waals surface area (Å²) in [6, 6.07) is 21.4. The van der Waals surface area contributed by atoms with E-state index in [1.165, 1.54) is 23.9 Å². The molecule has 1 aromatic heterocycles. The fourth-order valence-electron chi connectivity index (χ4n) is 3.52. The number of oxazole rings is 1. The number of carbonyl (C=O) groups is 1. The Morgan fingerprint density at radius 3 is 2.66 bits per heavy atom. The number of hydrogen-bond acceptors (Lipinski definition) is 5. The minimum absolute atomic E-state index is 0.143. The van der Waals surface area contributed by atoms with E-state index in [-0.39, 0.29) is 17.8 Å². The van der Waals surface area contributed by atoms with Crippen LogP contribution in [0.2, 0.25) is 0 Å². The molecular formula is C25H24FN3O2S. The van der Waals surface area contributed by atoms with Gasteiger partial charge in [0.1, 0.15) is 11.3 Å². The smallest absolute Gasteiger partial charge is 0.257 e. The fraction of sp³-hybridized carbons (Fsp3) is 0.200. The van der Waals surface area contributed by atoms with E-state index < -0.39 is 0 Å². The van der Waals surface area contributed by atoms with Crippen LogP contribution in [0.15, 0.2) is 82.4 Å². The van der Waals surface area contributed by atoms with E-state index in [4.69, 9.17) is 4.42 Å². The zero-order valence-electron chi connectivity index (χ0n) is 17.9. The molecule has 4 aromatic rings. The minimum Gasteiger partial charge on any atom is -0.431 e. The average molecular weight is 450 g/mol. The summed E-state index contributed by atoms with van der Waals surface area (Å²) in [6.07, 6.45) is 0. The van der Waals surface area contributed by atoms with Crippen molar-refractivity contribution in [2.45, 2.75) is 17.0 Å². The average Bonchev–Trinajstić information content (AvgIpc) is 3.21. The molecule has 7 heteroatoms. The SMILES string of the molecule is CN(C)C(CNC(=O)c1ccccc1CSc1nc2ccccc2o1)c1cccc(F)c1. The lowest BCUT2D eigenvalue weighted by atomic mass is 10.0. The molecule has 1 atom stereocenters. The summed E-state index contributed by atoms with van der Waals surface area (Å²) in [7, 11) is 3.82. The van der Waals surface area contributed by atoms with Gasteiger partial charge in [0.2, 0.25) is 0 Å².